The first-order chi connectivity index (χ1) is 26.2. The van der Waals surface area contributed by atoms with Crippen molar-refractivity contribution in [2.45, 2.75) is 92.0 Å². The lowest BCUT2D eigenvalue weighted by atomic mass is 9.84. The molecule has 15 heteroatoms. The number of unbranched alkanes of at least 4 members (excludes halogenated alkanes) is 1. The van der Waals surface area contributed by atoms with E-state index < -0.39 is 27.9 Å². The summed E-state index contributed by atoms with van der Waals surface area (Å²) in [7, 11) is -2.61. The molecule has 3 aromatic carbocycles. The minimum Gasteiger partial charge on any atom is -0.497 e. The van der Waals surface area contributed by atoms with Crippen molar-refractivity contribution in [3.05, 3.63) is 99.9 Å². The highest BCUT2D eigenvalue weighted by Crippen LogP contribution is 2.35. The van der Waals surface area contributed by atoms with Gasteiger partial charge in [0.1, 0.15) is 16.9 Å². The van der Waals surface area contributed by atoms with Crippen molar-refractivity contribution in [2.75, 3.05) is 26.9 Å². The van der Waals surface area contributed by atoms with Gasteiger partial charge in [0, 0.05) is 32.2 Å². The third kappa shape index (κ3) is 11.0. The number of rotatable bonds is 16. The van der Waals surface area contributed by atoms with E-state index in [9.17, 15) is 18.0 Å². The van der Waals surface area contributed by atoms with Crippen LogP contribution in [0.5, 0.6) is 5.75 Å². The number of nitrogens with zero attached hydrogens (tertiary/aromatic N) is 4. The number of carbonyl (C=O) groups excluding carboxylic acids is 2. The van der Waals surface area contributed by atoms with Gasteiger partial charge in [0.05, 0.1) is 32.3 Å². The van der Waals surface area contributed by atoms with Gasteiger partial charge in [-0.25, -0.2) is 9.48 Å². The van der Waals surface area contributed by atoms with Gasteiger partial charge in [0.25, 0.3) is 0 Å². The molecule has 55 heavy (non-hydrogen) atoms. The monoisotopic (exact) mass is 777 g/mol. The Balaban J connectivity index is 1.30. The predicted molar refractivity (Wildman–Crippen MR) is 206 cm³/mol. The highest BCUT2D eigenvalue weighted by atomic mass is 32.2. The first-order valence-electron chi connectivity index (χ1n) is 18.4. The van der Waals surface area contributed by atoms with Crippen molar-refractivity contribution in [1.29, 1.82) is 0 Å². The number of nitrogens with one attached hydrogen (secondary N) is 1. The van der Waals surface area contributed by atoms with Crippen molar-refractivity contribution in [1.82, 2.24) is 24.6 Å². The third-order valence-corrected chi connectivity index (χ3v) is 10.4. The fourth-order valence-corrected chi connectivity index (χ4v) is 7.26. The summed E-state index contributed by atoms with van der Waals surface area (Å²) in [6.07, 6.45) is 2.43. The maximum atomic E-state index is 13.2. The van der Waals surface area contributed by atoms with Gasteiger partial charge in [-0.2, -0.15) is 12.7 Å². The second-order valence-corrected chi connectivity index (χ2v) is 15.9. The molecule has 5 rings (SSSR count). The lowest BCUT2D eigenvalue weighted by Gasteiger charge is -2.27. The van der Waals surface area contributed by atoms with Crippen LogP contribution < -0.4 is 10.1 Å². The van der Waals surface area contributed by atoms with Crippen molar-refractivity contribution in [3.63, 3.8) is 0 Å². The zero-order valence-corrected chi connectivity index (χ0v) is 33.4. The van der Waals surface area contributed by atoms with Crippen molar-refractivity contribution in [3.8, 4) is 5.75 Å². The van der Waals surface area contributed by atoms with Gasteiger partial charge in [-0.3, -0.25) is 10.1 Å². The minimum absolute atomic E-state index is 0.00319. The van der Waals surface area contributed by atoms with E-state index in [-0.39, 0.29) is 38.0 Å². The van der Waals surface area contributed by atoms with Crippen LogP contribution in [0.2, 0.25) is 0 Å². The molecule has 1 N–H and O–H groups in total. The molecule has 1 aromatic heterocycles. The van der Waals surface area contributed by atoms with Crippen LogP contribution in [0.25, 0.3) is 11.0 Å². The Morgan fingerprint density at radius 2 is 1.80 bits per heavy atom. The highest BCUT2D eigenvalue weighted by Gasteiger charge is 2.31. The summed E-state index contributed by atoms with van der Waals surface area (Å²) in [6, 6.07) is 17.6. The molecule has 14 nitrogen and oxygen atoms in total. The van der Waals surface area contributed by atoms with Gasteiger partial charge in [-0.15, -0.1) is 5.10 Å². The number of aryl methyl sites for hydroxylation is 3. The van der Waals surface area contributed by atoms with Crippen LogP contribution in [0.4, 0.5) is 4.79 Å². The van der Waals surface area contributed by atoms with E-state index in [4.69, 9.17) is 23.1 Å². The second kappa shape index (κ2) is 18.1. The van der Waals surface area contributed by atoms with Crippen LogP contribution in [-0.2, 0) is 53.2 Å². The number of ether oxygens (including phenoxy) is 4. The van der Waals surface area contributed by atoms with Gasteiger partial charge in [0.2, 0.25) is 5.88 Å². The van der Waals surface area contributed by atoms with Gasteiger partial charge in [-0.05, 0) is 112 Å². The maximum absolute atomic E-state index is 13.2. The summed E-state index contributed by atoms with van der Waals surface area (Å²) in [5, 5.41) is 11.3. The maximum Gasteiger partial charge on any atom is 0.414 e. The fraction of sp³-hybridized carbons (Fsp3) is 0.450. The average Bonchev–Trinajstić information content (AvgIpc) is 3.54. The Hall–Kier alpha value is -4.99. The normalized spacial score (nSPS) is 14.9. The number of esters is 1. The molecule has 1 aliphatic heterocycles. The topological polar surface area (TPSA) is 160 Å². The molecule has 0 bridgehead atoms. The van der Waals surface area contributed by atoms with Crippen LogP contribution in [0.3, 0.4) is 0 Å². The molecule has 4 aromatic rings. The lowest BCUT2D eigenvalue weighted by Crippen LogP contribution is -2.40. The van der Waals surface area contributed by atoms with Crippen molar-refractivity contribution in [2.24, 2.45) is 0 Å². The number of alkyl carbamates (subject to hydrolysis) is 1. The highest BCUT2D eigenvalue weighted by molar-refractivity contribution is 7.84. The van der Waals surface area contributed by atoms with Crippen LogP contribution in [0, 0.1) is 13.8 Å². The molecule has 1 unspecified atom stereocenters. The number of amides is 1. The summed E-state index contributed by atoms with van der Waals surface area (Å²) in [6.45, 7) is 12.8. The molecule has 0 saturated heterocycles. The number of fused-ring (bicyclic) bond motifs is 1. The largest absolute Gasteiger partial charge is 0.497 e. The van der Waals surface area contributed by atoms with Crippen molar-refractivity contribution < 1.29 is 41.1 Å². The average molecular weight is 778 g/mol. The van der Waals surface area contributed by atoms with E-state index in [1.165, 1.54) is 10.4 Å². The third-order valence-electron chi connectivity index (χ3n) is 9.11. The molecule has 0 spiro atoms. The Morgan fingerprint density at radius 1 is 1.04 bits per heavy atom. The molecule has 1 aliphatic rings. The lowest BCUT2D eigenvalue weighted by molar-refractivity contribution is -0.143. The molecule has 0 aliphatic carbocycles. The first-order valence-corrected chi connectivity index (χ1v) is 19.7. The molecule has 0 saturated carbocycles. The van der Waals surface area contributed by atoms with Crippen LogP contribution in [0.15, 0.2) is 66.6 Å². The fourth-order valence-electron chi connectivity index (χ4n) is 6.26. The number of aromatic nitrogens is 3. The summed E-state index contributed by atoms with van der Waals surface area (Å²) < 4.78 is 56.3. The number of methoxy groups -OCH3 is 1. The van der Waals surface area contributed by atoms with E-state index in [1.807, 2.05) is 73.1 Å². The Kier molecular flexibility index (Phi) is 13.5. The number of hydrogen-bond donors (Lipinski definition) is 1. The summed E-state index contributed by atoms with van der Waals surface area (Å²) in [5.74, 6) is -0.165. The minimum atomic E-state index is -4.25. The standard InChI is InChI=1S/C40H51N5O9S/c1-8-52-37(46)24-34(30-14-11-27(2)31(23-30)25-44-21-19-36(54-55(44,48)49)41-39(47)53-40(4,5)6)33-17-18-35-38(28(33)3)42-43-45(35)20-9-10-22-51-26-29-12-15-32(50-7)16-13-29/h11-19,23,34H,8-10,20-22,24-26H2,1-7H3,(H,41,47). The molecule has 1 amide bonds. The van der Waals surface area contributed by atoms with E-state index >= 15 is 0 Å². The molecular weight excluding hydrogens is 727 g/mol. The van der Waals surface area contributed by atoms with Gasteiger partial charge >= 0.3 is 22.4 Å². The zero-order valence-electron chi connectivity index (χ0n) is 32.6. The molecular formula is C40H51N5O9S. The molecule has 0 fully saturated rings. The Labute approximate surface area is 323 Å². The molecule has 296 valence electrons. The smallest absolute Gasteiger partial charge is 0.414 e. The predicted octanol–water partition coefficient (Wildman–Crippen LogP) is 6.58. The first kappa shape index (κ1) is 41.2. The van der Waals surface area contributed by atoms with Gasteiger partial charge in [0.15, 0.2) is 0 Å². The van der Waals surface area contributed by atoms with Gasteiger partial charge in [-0.1, -0.05) is 41.6 Å². The Bertz CT molecular complexity index is 2110. The number of hydrogen-bond acceptors (Lipinski definition) is 11. The molecule has 1 atom stereocenters. The SMILES string of the molecule is CCOC(=O)CC(c1ccc(C)c(CN2CC=C(NC(=O)OC(C)(C)C)OS2(=O)=O)c1)c1ccc2c(nnn2CCCCOCc2ccc(OC)cc2)c1C. The zero-order chi connectivity index (χ0) is 39.8. The van der Waals surface area contributed by atoms with Crippen LogP contribution >= 0.6 is 0 Å². The van der Waals surface area contributed by atoms with Crippen LogP contribution in [-0.4, -0.2) is 72.2 Å². The summed E-state index contributed by atoms with van der Waals surface area (Å²) in [4.78, 5) is 25.2. The molecule has 2 heterocycles. The number of carbonyl (C=O) groups is 2. The Morgan fingerprint density at radius 3 is 2.49 bits per heavy atom. The quantitative estimate of drug-likeness (QED) is 0.0967. The molecule has 0 radical (unpaired) electrons. The van der Waals surface area contributed by atoms with Crippen molar-refractivity contribution >= 4 is 33.4 Å². The summed E-state index contributed by atoms with van der Waals surface area (Å²) >= 11 is 0. The number of benzene rings is 3. The van der Waals surface area contributed by atoms with E-state index in [0.717, 1.165) is 63.0 Å². The second-order valence-electron chi connectivity index (χ2n) is 14.3. The van der Waals surface area contributed by atoms with E-state index in [0.29, 0.717) is 19.8 Å². The van der Waals surface area contributed by atoms with Crippen LogP contribution in [0.1, 0.15) is 86.3 Å². The van der Waals surface area contributed by atoms with Gasteiger partial charge < -0.3 is 23.1 Å². The van der Waals surface area contributed by atoms with E-state index in [2.05, 4.69) is 15.6 Å². The van der Waals surface area contributed by atoms with E-state index in [1.54, 1.807) is 34.8 Å². The summed E-state index contributed by atoms with van der Waals surface area (Å²) in [5.41, 5.74) is 6.15.